The first-order valence-corrected chi connectivity index (χ1v) is 10.9. The maximum absolute atomic E-state index is 12.5. The van der Waals surface area contributed by atoms with Gasteiger partial charge in [0.25, 0.3) is 0 Å². The van der Waals surface area contributed by atoms with Gasteiger partial charge in [0.1, 0.15) is 0 Å². The Labute approximate surface area is 184 Å². The molecule has 1 fully saturated rings. The zero-order valence-electron chi connectivity index (χ0n) is 18.2. The van der Waals surface area contributed by atoms with Crippen LogP contribution < -0.4 is 16.8 Å². The number of guanidine groups is 1. The number of hydrogen-bond donors (Lipinski definition) is 4. The minimum atomic E-state index is -1.46. The van der Waals surface area contributed by atoms with Crippen LogP contribution in [0.2, 0.25) is 0 Å². The number of nitrogens with one attached hydrogen (secondary N) is 1. The molecule has 0 bridgehead atoms. The minimum Gasteiger partial charge on any atom is -0.491 e. The van der Waals surface area contributed by atoms with Crippen LogP contribution >= 0.6 is 0 Å². The molecule has 2 rings (SSSR count). The first kappa shape index (κ1) is 24.5. The van der Waals surface area contributed by atoms with Crippen LogP contribution in [0.25, 0.3) is 0 Å². The van der Waals surface area contributed by atoms with E-state index in [1.165, 1.54) is 4.90 Å². The van der Waals surface area contributed by atoms with E-state index in [9.17, 15) is 14.6 Å². The van der Waals surface area contributed by atoms with Crippen LogP contribution in [0.5, 0.6) is 0 Å². The van der Waals surface area contributed by atoms with Gasteiger partial charge in [0, 0.05) is 26.1 Å². The summed E-state index contributed by atoms with van der Waals surface area (Å²) in [5.74, 6) is -0.916. The van der Waals surface area contributed by atoms with Crippen LogP contribution in [0, 0.1) is 5.92 Å². The van der Waals surface area contributed by atoms with Gasteiger partial charge in [-0.15, -0.1) is 0 Å². The molecule has 2 amide bonds. The second kappa shape index (κ2) is 12.8. The lowest BCUT2D eigenvalue weighted by Crippen LogP contribution is -2.51. The highest BCUT2D eigenvalue weighted by atomic mass is 16.6. The monoisotopic (exact) mass is 431 g/mol. The molecule has 170 valence electrons. The van der Waals surface area contributed by atoms with Gasteiger partial charge in [-0.2, -0.15) is 0 Å². The van der Waals surface area contributed by atoms with Gasteiger partial charge >= 0.3 is 13.2 Å². The van der Waals surface area contributed by atoms with E-state index in [4.69, 9.17) is 16.1 Å². The molecule has 1 saturated carbocycles. The van der Waals surface area contributed by atoms with Crippen molar-refractivity contribution in [1.82, 2.24) is 10.2 Å². The first-order valence-electron chi connectivity index (χ1n) is 10.9. The van der Waals surface area contributed by atoms with E-state index in [1.807, 2.05) is 30.3 Å². The number of likely N-dealkylation sites (N-methyl/N-ethyl adjacent to an activating group) is 1. The molecule has 1 atom stereocenters. The first-order chi connectivity index (χ1) is 14.9. The number of amides is 2. The summed E-state index contributed by atoms with van der Waals surface area (Å²) in [4.78, 5) is 30.3. The highest BCUT2D eigenvalue weighted by Gasteiger charge is 2.34. The molecule has 1 aromatic rings. The summed E-state index contributed by atoms with van der Waals surface area (Å²) >= 11 is 0. The van der Waals surface area contributed by atoms with E-state index in [0.29, 0.717) is 32.4 Å². The Balaban J connectivity index is 1.88. The lowest BCUT2D eigenvalue weighted by Gasteiger charge is -2.24. The van der Waals surface area contributed by atoms with Crippen molar-refractivity contribution in [3.05, 3.63) is 35.9 Å². The molecule has 0 aromatic heterocycles. The van der Waals surface area contributed by atoms with Gasteiger partial charge < -0.3 is 31.4 Å². The molecule has 0 aliphatic heterocycles. The van der Waals surface area contributed by atoms with Crippen molar-refractivity contribution < 1.29 is 19.3 Å². The number of benzene rings is 1. The Bertz CT molecular complexity index is 724. The Morgan fingerprint density at radius 2 is 1.97 bits per heavy atom. The zero-order valence-corrected chi connectivity index (χ0v) is 18.2. The van der Waals surface area contributed by atoms with Gasteiger partial charge in [-0.1, -0.05) is 43.2 Å². The molecule has 1 aliphatic rings. The topological polar surface area (TPSA) is 143 Å². The van der Waals surface area contributed by atoms with Crippen molar-refractivity contribution in [3.8, 4) is 0 Å². The van der Waals surface area contributed by atoms with Crippen LogP contribution in [0.3, 0.4) is 0 Å². The largest absolute Gasteiger partial charge is 0.549 e. The van der Waals surface area contributed by atoms with E-state index < -0.39 is 19.2 Å². The fourth-order valence-electron chi connectivity index (χ4n) is 3.60. The van der Waals surface area contributed by atoms with E-state index in [1.54, 1.807) is 7.05 Å². The predicted molar refractivity (Wildman–Crippen MR) is 121 cm³/mol. The summed E-state index contributed by atoms with van der Waals surface area (Å²) in [6.07, 6.45) is 4.64. The molecule has 9 nitrogen and oxygen atoms in total. The molecule has 0 spiro atoms. The summed E-state index contributed by atoms with van der Waals surface area (Å²) in [5, 5.41) is 13.4. The summed E-state index contributed by atoms with van der Waals surface area (Å²) in [7, 11) is 0.152. The molecule has 1 unspecified atom stereocenters. The molecule has 0 saturated heterocycles. The fraction of sp³-hybridized carbons (Fsp3) is 0.571. The van der Waals surface area contributed by atoms with Gasteiger partial charge in [-0.3, -0.25) is 9.79 Å². The van der Waals surface area contributed by atoms with Crippen molar-refractivity contribution in [2.75, 3.05) is 20.1 Å². The van der Waals surface area contributed by atoms with E-state index in [2.05, 4.69) is 10.3 Å². The highest BCUT2D eigenvalue weighted by molar-refractivity contribution is 6.47. The van der Waals surface area contributed by atoms with E-state index in [0.717, 1.165) is 31.2 Å². The van der Waals surface area contributed by atoms with Crippen molar-refractivity contribution in [2.24, 2.45) is 22.4 Å². The predicted octanol–water partition coefficient (Wildman–Crippen LogP) is 1.05. The molecule has 1 aliphatic carbocycles. The molecule has 0 heterocycles. The minimum absolute atomic E-state index is 0.0152. The third-order valence-electron chi connectivity index (χ3n) is 5.48. The van der Waals surface area contributed by atoms with Crippen molar-refractivity contribution in [3.63, 3.8) is 0 Å². The Morgan fingerprint density at radius 3 is 2.61 bits per heavy atom. The van der Waals surface area contributed by atoms with Crippen molar-refractivity contribution >= 4 is 25.1 Å². The second-order valence-corrected chi connectivity index (χ2v) is 7.98. The lowest BCUT2D eigenvalue weighted by atomic mass is 9.75. The van der Waals surface area contributed by atoms with Crippen LogP contribution in [0.15, 0.2) is 35.3 Å². The normalized spacial score (nSPS) is 14.5. The van der Waals surface area contributed by atoms with Crippen molar-refractivity contribution in [2.45, 2.75) is 50.9 Å². The summed E-state index contributed by atoms with van der Waals surface area (Å²) < 4.78 is 5.25. The third-order valence-corrected chi connectivity index (χ3v) is 5.48. The van der Waals surface area contributed by atoms with Gasteiger partial charge in [0.2, 0.25) is 5.91 Å². The standard InChI is InChI=1S/C21H34BN5O4/c1-27(15-13-16-8-3-2-4-9-16)21(29)31-22(30)18(12-7-14-25-20(23)24)26-19(28)17-10-5-6-11-17/h2-4,8-9,17-18,30H,5-7,10-15H2,1H3,(H,26,28)(H4,23,24,25). The maximum atomic E-state index is 12.5. The zero-order chi connectivity index (χ0) is 22.6. The summed E-state index contributed by atoms with van der Waals surface area (Å²) in [6, 6.07) is 9.79. The van der Waals surface area contributed by atoms with Crippen molar-refractivity contribution in [1.29, 1.82) is 0 Å². The van der Waals surface area contributed by atoms with E-state index in [-0.39, 0.29) is 17.8 Å². The summed E-state index contributed by atoms with van der Waals surface area (Å²) in [6.45, 7) is 0.801. The number of carbonyl (C=O) groups excluding carboxylic acids is 2. The molecule has 10 heteroatoms. The van der Waals surface area contributed by atoms with Crippen LogP contribution in [0.4, 0.5) is 4.79 Å². The molecule has 31 heavy (non-hydrogen) atoms. The smallest absolute Gasteiger partial charge is 0.491 e. The number of hydrogen-bond acceptors (Lipinski definition) is 5. The van der Waals surface area contributed by atoms with Crippen LogP contribution in [-0.2, 0) is 15.9 Å². The quantitative estimate of drug-likeness (QED) is 0.178. The van der Waals surface area contributed by atoms with Gasteiger partial charge in [0.15, 0.2) is 5.96 Å². The van der Waals surface area contributed by atoms with Crippen LogP contribution in [-0.4, -0.2) is 61.1 Å². The Kier molecular flexibility index (Phi) is 10.2. The number of rotatable bonds is 11. The van der Waals surface area contributed by atoms with E-state index >= 15 is 0 Å². The number of carbonyl (C=O) groups is 2. The number of aliphatic imine (C=N–C) groups is 1. The SMILES string of the molecule is CN(CCc1ccccc1)C(=O)OB(O)C(CCCN=C(N)N)NC(=O)C1CCCC1. The molecule has 6 N–H and O–H groups in total. The molecular weight excluding hydrogens is 397 g/mol. The molecular formula is C21H34BN5O4. The second-order valence-electron chi connectivity index (χ2n) is 7.98. The van der Waals surface area contributed by atoms with Gasteiger partial charge in [-0.25, -0.2) is 4.79 Å². The van der Waals surface area contributed by atoms with Gasteiger partial charge in [-0.05, 0) is 37.7 Å². The number of nitrogens with zero attached hydrogens (tertiary/aromatic N) is 2. The fourth-order valence-corrected chi connectivity index (χ4v) is 3.60. The van der Waals surface area contributed by atoms with Crippen LogP contribution in [0.1, 0.15) is 44.1 Å². The third kappa shape index (κ3) is 8.88. The Hall–Kier alpha value is -2.75. The average molecular weight is 431 g/mol. The average Bonchev–Trinajstić information content (AvgIpc) is 3.29. The Morgan fingerprint density at radius 1 is 1.29 bits per heavy atom. The molecule has 1 aromatic carbocycles. The highest BCUT2D eigenvalue weighted by Crippen LogP contribution is 2.25. The number of nitrogens with two attached hydrogens (primary N) is 2. The maximum Gasteiger partial charge on any atom is 0.549 e. The molecule has 0 radical (unpaired) electrons. The van der Waals surface area contributed by atoms with Gasteiger partial charge in [0.05, 0.1) is 5.94 Å². The summed E-state index contributed by atoms with van der Waals surface area (Å²) in [5.41, 5.74) is 11.8. The lowest BCUT2D eigenvalue weighted by molar-refractivity contribution is -0.125.